The molecule has 0 radical (unpaired) electrons. The fourth-order valence-electron chi connectivity index (χ4n) is 2.97. The third-order valence-corrected chi connectivity index (χ3v) is 4.48. The molecule has 0 bridgehead atoms. The molecule has 0 saturated heterocycles. The molecule has 2 rings (SSSR count). The zero-order chi connectivity index (χ0) is 13.8. The van der Waals surface area contributed by atoms with E-state index >= 15 is 0 Å². The van der Waals surface area contributed by atoms with Crippen molar-refractivity contribution >= 4 is 17.3 Å². The summed E-state index contributed by atoms with van der Waals surface area (Å²) in [6.45, 7) is 4.61. The predicted molar refractivity (Wildman–Crippen MR) is 80.2 cm³/mol. The molecule has 0 heterocycles. The van der Waals surface area contributed by atoms with Crippen LogP contribution in [0.25, 0.3) is 0 Å². The zero-order valence-electron chi connectivity index (χ0n) is 11.8. The van der Waals surface area contributed by atoms with Gasteiger partial charge in [0.1, 0.15) is 5.82 Å². The summed E-state index contributed by atoms with van der Waals surface area (Å²) in [6, 6.07) is 5.24. The fraction of sp³-hybridized carbons (Fsp3) is 0.625. The van der Waals surface area contributed by atoms with Crippen LogP contribution in [0.4, 0.5) is 10.1 Å². The highest BCUT2D eigenvalue weighted by atomic mass is 35.5. The van der Waals surface area contributed by atoms with Gasteiger partial charge in [0.25, 0.3) is 0 Å². The Morgan fingerprint density at radius 3 is 2.68 bits per heavy atom. The van der Waals surface area contributed by atoms with Crippen LogP contribution >= 0.6 is 11.6 Å². The first-order chi connectivity index (χ1) is 9.06. The van der Waals surface area contributed by atoms with Crippen LogP contribution in [-0.2, 0) is 0 Å². The first-order valence-electron chi connectivity index (χ1n) is 7.28. The SMILES string of the molecule is CC(C)C1CCCC(Nc2ccc(Cl)cc2F)CC1. The zero-order valence-corrected chi connectivity index (χ0v) is 12.5. The molecule has 1 aliphatic rings. The molecule has 2 unspecified atom stereocenters. The average Bonchev–Trinajstić information content (AvgIpc) is 2.58. The molecule has 1 aromatic rings. The summed E-state index contributed by atoms with van der Waals surface area (Å²) in [5, 5.41) is 3.79. The molecule has 2 atom stereocenters. The molecular weight excluding hydrogens is 261 g/mol. The van der Waals surface area contributed by atoms with E-state index in [0.717, 1.165) is 24.7 Å². The lowest BCUT2D eigenvalue weighted by molar-refractivity contribution is 0.341. The Kier molecular flexibility index (Phi) is 5.09. The lowest BCUT2D eigenvalue weighted by Crippen LogP contribution is -2.19. The van der Waals surface area contributed by atoms with E-state index in [1.807, 2.05) is 0 Å². The quantitative estimate of drug-likeness (QED) is 0.723. The normalized spacial score (nSPS) is 24.3. The van der Waals surface area contributed by atoms with Crippen molar-refractivity contribution in [2.75, 3.05) is 5.32 Å². The van der Waals surface area contributed by atoms with Crippen LogP contribution < -0.4 is 5.32 Å². The molecule has 1 fully saturated rings. The number of hydrogen-bond donors (Lipinski definition) is 1. The van der Waals surface area contributed by atoms with Crippen molar-refractivity contribution in [2.24, 2.45) is 11.8 Å². The van der Waals surface area contributed by atoms with Crippen molar-refractivity contribution in [1.82, 2.24) is 0 Å². The summed E-state index contributed by atoms with van der Waals surface area (Å²) >= 11 is 5.77. The topological polar surface area (TPSA) is 12.0 Å². The van der Waals surface area contributed by atoms with E-state index < -0.39 is 0 Å². The third kappa shape index (κ3) is 4.10. The van der Waals surface area contributed by atoms with Crippen LogP contribution in [0.3, 0.4) is 0 Å². The molecule has 3 heteroatoms. The molecule has 1 saturated carbocycles. The molecule has 0 aliphatic heterocycles. The van der Waals surface area contributed by atoms with Crippen LogP contribution in [0.2, 0.25) is 5.02 Å². The number of anilines is 1. The fourth-order valence-corrected chi connectivity index (χ4v) is 3.13. The second-order valence-electron chi connectivity index (χ2n) is 5.98. The second-order valence-corrected chi connectivity index (χ2v) is 6.41. The molecule has 0 aromatic heterocycles. The van der Waals surface area contributed by atoms with Gasteiger partial charge >= 0.3 is 0 Å². The number of rotatable bonds is 3. The number of benzene rings is 1. The van der Waals surface area contributed by atoms with E-state index in [9.17, 15) is 4.39 Å². The van der Waals surface area contributed by atoms with Crippen molar-refractivity contribution in [3.63, 3.8) is 0 Å². The minimum Gasteiger partial charge on any atom is -0.380 e. The minimum absolute atomic E-state index is 0.253. The summed E-state index contributed by atoms with van der Waals surface area (Å²) in [5.41, 5.74) is 0.581. The highest BCUT2D eigenvalue weighted by Crippen LogP contribution is 2.30. The molecule has 1 nitrogen and oxygen atoms in total. The molecule has 106 valence electrons. The lowest BCUT2D eigenvalue weighted by atomic mass is 9.89. The maximum atomic E-state index is 13.8. The van der Waals surface area contributed by atoms with Gasteiger partial charge < -0.3 is 5.32 Å². The Labute approximate surface area is 120 Å². The Balaban J connectivity index is 1.96. The highest BCUT2D eigenvalue weighted by Gasteiger charge is 2.21. The van der Waals surface area contributed by atoms with Gasteiger partial charge in [-0.15, -0.1) is 0 Å². The minimum atomic E-state index is -0.253. The van der Waals surface area contributed by atoms with E-state index in [2.05, 4.69) is 19.2 Å². The monoisotopic (exact) mass is 283 g/mol. The molecule has 1 N–H and O–H groups in total. The lowest BCUT2D eigenvalue weighted by Gasteiger charge is -2.20. The first-order valence-corrected chi connectivity index (χ1v) is 7.65. The summed E-state index contributed by atoms with van der Waals surface area (Å²) in [5.74, 6) is 1.32. The summed E-state index contributed by atoms with van der Waals surface area (Å²) in [7, 11) is 0. The van der Waals surface area contributed by atoms with Gasteiger partial charge in [-0.25, -0.2) is 4.39 Å². The molecule has 0 spiro atoms. The van der Waals surface area contributed by atoms with Gasteiger partial charge in [-0.2, -0.15) is 0 Å². The maximum absolute atomic E-state index is 13.8. The van der Waals surface area contributed by atoms with Crippen molar-refractivity contribution in [2.45, 2.75) is 52.0 Å². The predicted octanol–water partition coefficient (Wildman–Crippen LogP) is 5.50. The molecule has 19 heavy (non-hydrogen) atoms. The van der Waals surface area contributed by atoms with E-state index in [1.54, 1.807) is 12.1 Å². The largest absolute Gasteiger partial charge is 0.380 e. The first kappa shape index (κ1) is 14.6. The van der Waals surface area contributed by atoms with Gasteiger partial charge in [0, 0.05) is 11.1 Å². The molecular formula is C16H23ClFN. The second kappa shape index (κ2) is 6.60. The Bertz CT molecular complexity index is 419. The Morgan fingerprint density at radius 2 is 2.00 bits per heavy atom. The molecule has 1 aliphatic carbocycles. The van der Waals surface area contributed by atoms with Gasteiger partial charge in [-0.3, -0.25) is 0 Å². The van der Waals surface area contributed by atoms with Crippen LogP contribution in [0.15, 0.2) is 18.2 Å². The van der Waals surface area contributed by atoms with E-state index in [-0.39, 0.29) is 5.82 Å². The Hall–Kier alpha value is -0.760. The van der Waals surface area contributed by atoms with Gasteiger partial charge in [-0.05, 0) is 49.3 Å². The average molecular weight is 284 g/mol. The van der Waals surface area contributed by atoms with Crippen LogP contribution in [-0.4, -0.2) is 6.04 Å². The van der Waals surface area contributed by atoms with Gasteiger partial charge in [0.05, 0.1) is 5.69 Å². The van der Waals surface area contributed by atoms with Gasteiger partial charge in [0.15, 0.2) is 0 Å². The highest BCUT2D eigenvalue weighted by molar-refractivity contribution is 6.30. The Morgan fingerprint density at radius 1 is 1.21 bits per heavy atom. The number of hydrogen-bond acceptors (Lipinski definition) is 1. The van der Waals surface area contributed by atoms with E-state index in [4.69, 9.17) is 11.6 Å². The van der Waals surface area contributed by atoms with Gasteiger partial charge in [-0.1, -0.05) is 38.3 Å². The van der Waals surface area contributed by atoms with Crippen LogP contribution in [0.1, 0.15) is 46.0 Å². The smallest absolute Gasteiger partial charge is 0.147 e. The van der Waals surface area contributed by atoms with Crippen molar-refractivity contribution in [1.29, 1.82) is 0 Å². The van der Waals surface area contributed by atoms with Crippen molar-refractivity contribution in [3.05, 3.63) is 29.0 Å². The summed E-state index contributed by atoms with van der Waals surface area (Å²) in [6.07, 6.45) is 6.04. The molecule has 0 amide bonds. The summed E-state index contributed by atoms with van der Waals surface area (Å²) in [4.78, 5) is 0. The van der Waals surface area contributed by atoms with Crippen molar-refractivity contribution in [3.8, 4) is 0 Å². The van der Waals surface area contributed by atoms with Crippen LogP contribution in [0.5, 0.6) is 0 Å². The third-order valence-electron chi connectivity index (χ3n) is 4.25. The number of nitrogens with one attached hydrogen (secondary N) is 1. The van der Waals surface area contributed by atoms with Gasteiger partial charge in [0.2, 0.25) is 0 Å². The standard InChI is InChI=1S/C16H23ClFN/c1-11(2)12-4-3-5-14(8-6-12)19-16-9-7-13(17)10-15(16)18/h7,9-12,14,19H,3-6,8H2,1-2H3. The van der Waals surface area contributed by atoms with E-state index in [0.29, 0.717) is 16.8 Å². The maximum Gasteiger partial charge on any atom is 0.147 e. The summed E-state index contributed by atoms with van der Waals surface area (Å²) < 4.78 is 13.8. The van der Waals surface area contributed by atoms with Crippen molar-refractivity contribution < 1.29 is 4.39 Å². The molecule has 1 aromatic carbocycles. The van der Waals surface area contributed by atoms with E-state index in [1.165, 1.54) is 25.3 Å². The number of halogens is 2. The van der Waals surface area contributed by atoms with Crippen LogP contribution in [0, 0.1) is 17.7 Å².